The molecule has 0 saturated carbocycles. The van der Waals surface area contributed by atoms with Gasteiger partial charge >= 0.3 is 0 Å². The van der Waals surface area contributed by atoms with Crippen LogP contribution < -0.4 is 0 Å². The van der Waals surface area contributed by atoms with Gasteiger partial charge < -0.3 is 0 Å². The average molecular weight is 304 g/mol. The smallest absolute Gasteiger partial charge is 0.146 e. The maximum Gasteiger partial charge on any atom is 0.146 e. The number of hydrogen-bond donors (Lipinski definition) is 0. The number of ketones is 1. The normalized spacial score (nSPS) is 12.5. The van der Waals surface area contributed by atoms with E-state index in [0.717, 1.165) is 23.4 Å². The van der Waals surface area contributed by atoms with E-state index in [4.69, 9.17) is 11.6 Å². The van der Waals surface area contributed by atoms with Gasteiger partial charge in [-0.25, -0.2) is 0 Å². The monoisotopic (exact) mass is 302 g/mol. The van der Waals surface area contributed by atoms with Gasteiger partial charge in [0.25, 0.3) is 0 Å². The zero-order valence-corrected chi connectivity index (χ0v) is 11.9. The van der Waals surface area contributed by atoms with Gasteiger partial charge in [-0.3, -0.25) is 4.79 Å². The van der Waals surface area contributed by atoms with E-state index in [1.807, 2.05) is 32.0 Å². The highest BCUT2D eigenvalue weighted by Gasteiger charge is 2.15. The highest BCUT2D eigenvalue weighted by Crippen LogP contribution is 2.19. The molecule has 1 aromatic carbocycles. The summed E-state index contributed by atoms with van der Waals surface area (Å²) >= 11 is 9.34. The van der Waals surface area contributed by atoms with Gasteiger partial charge in [0.15, 0.2) is 0 Å². The Kier molecular flexibility index (Phi) is 5.50. The second-order valence-electron chi connectivity index (χ2n) is 3.96. The quantitative estimate of drug-likeness (QED) is 0.740. The molecule has 0 heterocycles. The fourth-order valence-corrected chi connectivity index (χ4v) is 2.40. The van der Waals surface area contributed by atoms with E-state index in [1.54, 1.807) is 0 Å². The summed E-state index contributed by atoms with van der Waals surface area (Å²) in [5.41, 5.74) is 2.32. The van der Waals surface area contributed by atoms with Crippen LogP contribution in [0.15, 0.2) is 18.2 Å². The molecule has 0 aliphatic carbocycles. The fraction of sp³-hybridized carbons (Fsp3) is 0.462. The van der Waals surface area contributed by atoms with Gasteiger partial charge in [0.1, 0.15) is 5.78 Å². The van der Waals surface area contributed by atoms with Crippen molar-refractivity contribution in [2.75, 3.05) is 0 Å². The van der Waals surface area contributed by atoms with Crippen LogP contribution >= 0.6 is 27.5 Å². The largest absolute Gasteiger partial charge is 0.298 e. The number of carbonyl (C=O) groups is 1. The molecular formula is C13H16BrClO. The van der Waals surface area contributed by atoms with Gasteiger partial charge in [-0.1, -0.05) is 40.5 Å². The van der Waals surface area contributed by atoms with E-state index >= 15 is 0 Å². The van der Waals surface area contributed by atoms with Crippen LogP contribution in [0.5, 0.6) is 0 Å². The maximum atomic E-state index is 11.7. The van der Waals surface area contributed by atoms with Crippen molar-refractivity contribution in [3.8, 4) is 0 Å². The molecule has 3 heteroatoms. The number of Topliss-reactive ketones (excluding diaryl/α,β-unsaturated/α-hetero) is 1. The zero-order chi connectivity index (χ0) is 12.1. The fourth-order valence-electron chi connectivity index (χ4n) is 1.60. The molecule has 0 fully saturated rings. The van der Waals surface area contributed by atoms with Crippen LogP contribution in [0.3, 0.4) is 0 Å². The number of aryl methyl sites for hydroxylation is 1. The summed E-state index contributed by atoms with van der Waals surface area (Å²) in [4.78, 5) is 11.6. The van der Waals surface area contributed by atoms with E-state index in [9.17, 15) is 4.79 Å². The van der Waals surface area contributed by atoms with Gasteiger partial charge in [-0.05, 0) is 43.0 Å². The van der Waals surface area contributed by atoms with Crippen LogP contribution in [-0.2, 0) is 11.2 Å². The van der Waals surface area contributed by atoms with Crippen molar-refractivity contribution >= 4 is 33.3 Å². The lowest BCUT2D eigenvalue weighted by Crippen LogP contribution is -2.16. The molecule has 0 aliphatic heterocycles. The summed E-state index contributed by atoms with van der Waals surface area (Å²) in [6, 6.07) is 5.79. The minimum Gasteiger partial charge on any atom is -0.298 e. The van der Waals surface area contributed by atoms with E-state index in [1.165, 1.54) is 5.56 Å². The molecule has 1 rings (SSSR count). The number of hydrogen-bond acceptors (Lipinski definition) is 1. The van der Waals surface area contributed by atoms with E-state index in [2.05, 4.69) is 15.9 Å². The number of benzene rings is 1. The third kappa shape index (κ3) is 3.91. The molecule has 1 unspecified atom stereocenters. The van der Waals surface area contributed by atoms with Crippen LogP contribution in [0, 0.1) is 6.92 Å². The summed E-state index contributed by atoms with van der Waals surface area (Å²) in [7, 11) is 0. The van der Waals surface area contributed by atoms with Crippen LogP contribution in [0.2, 0.25) is 5.02 Å². The molecule has 0 radical (unpaired) electrons. The molecule has 0 aliphatic rings. The minimum atomic E-state index is -0.0766. The number of halogens is 2. The predicted octanol–water partition coefficient (Wildman–Crippen LogP) is 4.32. The maximum absolute atomic E-state index is 11.7. The third-order valence-electron chi connectivity index (χ3n) is 2.55. The molecule has 0 amide bonds. The Morgan fingerprint density at radius 2 is 2.19 bits per heavy atom. The molecule has 1 atom stereocenters. The number of carbonyl (C=O) groups excluding carboxylic acids is 1. The molecule has 1 aromatic rings. The van der Waals surface area contributed by atoms with Crippen molar-refractivity contribution in [3.63, 3.8) is 0 Å². The van der Waals surface area contributed by atoms with Crippen LogP contribution in [0.1, 0.15) is 30.9 Å². The Hall–Kier alpha value is -0.340. The van der Waals surface area contributed by atoms with Crippen LogP contribution in [0.25, 0.3) is 0 Å². The molecule has 0 aromatic heterocycles. The highest BCUT2D eigenvalue weighted by atomic mass is 79.9. The summed E-state index contributed by atoms with van der Waals surface area (Å²) in [6.07, 6.45) is 2.28. The molecule has 0 spiro atoms. The molecule has 88 valence electrons. The lowest BCUT2D eigenvalue weighted by atomic mass is 10.0. The first kappa shape index (κ1) is 13.7. The predicted molar refractivity (Wildman–Crippen MR) is 72.5 cm³/mol. The number of rotatable bonds is 5. The Morgan fingerprint density at radius 3 is 2.75 bits per heavy atom. The summed E-state index contributed by atoms with van der Waals surface area (Å²) in [6.45, 7) is 4.04. The van der Waals surface area contributed by atoms with Gasteiger partial charge in [0.05, 0.1) is 4.83 Å². The van der Waals surface area contributed by atoms with Crippen molar-refractivity contribution in [2.24, 2.45) is 0 Å². The summed E-state index contributed by atoms with van der Waals surface area (Å²) in [5.74, 6) is 0.275. The first-order chi connectivity index (χ1) is 7.54. The van der Waals surface area contributed by atoms with Gasteiger partial charge in [-0.2, -0.15) is 0 Å². The molecule has 1 nitrogen and oxygen atoms in total. The van der Waals surface area contributed by atoms with E-state index in [0.29, 0.717) is 6.42 Å². The summed E-state index contributed by atoms with van der Waals surface area (Å²) in [5, 5.41) is 0.743. The second-order valence-corrected chi connectivity index (χ2v) is 5.50. The zero-order valence-electron chi connectivity index (χ0n) is 9.59. The Bertz CT molecular complexity index is 376. The third-order valence-corrected chi connectivity index (χ3v) is 3.62. The Morgan fingerprint density at radius 1 is 1.50 bits per heavy atom. The molecule has 0 saturated heterocycles. The highest BCUT2D eigenvalue weighted by molar-refractivity contribution is 9.10. The molecular weight excluding hydrogens is 287 g/mol. The SMILES string of the molecule is CCCC(=O)C(Br)Cc1ccc(Cl)cc1C. The number of alkyl halides is 1. The lowest BCUT2D eigenvalue weighted by molar-refractivity contribution is -0.118. The topological polar surface area (TPSA) is 17.1 Å². The first-order valence-electron chi connectivity index (χ1n) is 5.46. The molecule has 16 heavy (non-hydrogen) atoms. The van der Waals surface area contributed by atoms with Crippen LogP contribution in [0.4, 0.5) is 0 Å². The van der Waals surface area contributed by atoms with Crippen molar-refractivity contribution in [2.45, 2.75) is 37.9 Å². The van der Waals surface area contributed by atoms with Crippen molar-refractivity contribution in [1.82, 2.24) is 0 Å². The van der Waals surface area contributed by atoms with E-state index in [-0.39, 0.29) is 10.6 Å². The first-order valence-corrected chi connectivity index (χ1v) is 6.75. The van der Waals surface area contributed by atoms with E-state index < -0.39 is 0 Å². The van der Waals surface area contributed by atoms with Crippen LogP contribution in [-0.4, -0.2) is 10.6 Å². The summed E-state index contributed by atoms with van der Waals surface area (Å²) < 4.78 is 0. The van der Waals surface area contributed by atoms with Crippen molar-refractivity contribution < 1.29 is 4.79 Å². The standard InChI is InChI=1S/C13H16BrClO/c1-3-4-13(16)12(14)8-10-5-6-11(15)7-9(10)2/h5-7,12H,3-4,8H2,1-2H3. The lowest BCUT2D eigenvalue weighted by Gasteiger charge is -2.10. The van der Waals surface area contributed by atoms with Crippen molar-refractivity contribution in [1.29, 1.82) is 0 Å². The Balaban J connectivity index is 2.69. The second kappa shape index (κ2) is 6.41. The van der Waals surface area contributed by atoms with Gasteiger partial charge in [0, 0.05) is 11.4 Å². The minimum absolute atomic E-state index is 0.0766. The molecule has 0 bridgehead atoms. The van der Waals surface area contributed by atoms with Crippen molar-refractivity contribution in [3.05, 3.63) is 34.3 Å². The average Bonchev–Trinajstić information content (AvgIpc) is 2.22. The van der Waals surface area contributed by atoms with Gasteiger partial charge in [-0.15, -0.1) is 0 Å². The Labute approximate surface area is 110 Å². The van der Waals surface area contributed by atoms with Gasteiger partial charge in [0.2, 0.25) is 0 Å². The molecule has 0 N–H and O–H groups in total.